The highest BCUT2D eigenvalue weighted by Crippen LogP contribution is 2.30. The van der Waals surface area contributed by atoms with Crippen LogP contribution < -0.4 is 10.6 Å². The van der Waals surface area contributed by atoms with Gasteiger partial charge < -0.3 is 15.3 Å². The lowest BCUT2D eigenvalue weighted by molar-refractivity contribution is -0.125. The minimum Gasteiger partial charge on any atom is -0.361 e. The first-order valence-electron chi connectivity index (χ1n) is 8.47. The highest BCUT2D eigenvalue weighted by atomic mass is 16.2. The highest BCUT2D eigenvalue weighted by molar-refractivity contribution is 5.93. The predicted molar refractivity (Wildman–Crippen MR) is 98.2 cm³/mol. The fourth-order valence-electron chi connectivity index (χ4n) is 3.79. The number of H-pyrrole nitrogens is 2. The summed E-state index contributed by atoms with van der Waals surface area (Å²) in [7, 11) is 0. The highest BCUT2D eigenvalue weighted by Gasteiger charge is 2.31. The Labute approximate surface area is 144 Å². The molecule has 1 fully saturated rings. The Kier molecular flexibility index (Phi) is 3.15. The first kappa shape index (κ1) is 14.3. The molecule has 1 amide bonds. The van der Waals surface area contributed by atoms with E-state index in [9.17, 15) is 4.79 Å². The van der Waals surface area contributed by atoms with Crippen molar-refractivity contribution in [3.05, 3.63) is 72.1 Å². The molecule has 2 aromatic heterocycles. The van der Waals surface area contributed by atoms with E-state index < -0.39 is 0 Å². The fourth-order valence-corrected chi connectivity index (χ4v) is 3.79. The van der Waals surface area contributed by atoms with E-state index in [1.807, 2.05) is 54.9 Å². The van der Waals surface area contributed by atoms with E-state index in [0.29, 0.717) is 6.54 Å². The quantitative estimate of drug-likeness (QED) is 0.456. The third-order valence-electron chi connectivity index (χ3n) is 5.03. The molecule has 4 aromatic rings. The molecule has 0 saturated carbocycles. The molecule has 5 nitrogen and oxygen atoms in total. The monoisotopic (exact) mass is 330 g/mol. The van der Waals surface area contributed by atoms with Gasteiger partial charge in [-0.15, -0.1) is 0 Å². The van der Waals surface area contributed by atoms with Crippen molar-refractivity contribution in [2.24, 2.45) is 0 Å². The van der Waals surface area contributed by atoms with Gasteiger partial charge in [0, 0.05) is 51.9 Å². The van der Waals surface area contributed by atoms with Gasteiger partial charge in [0.2, 0.25) is 5.91 Å². The summed E-state index contributed by atoms with van der Waals surface area (Å²) in [6.45, 7) is 0.692. The summed E-state index contributed by atoms with van der Waals surface area (Å²) >= 11 is 0. The third kappa shape index (κ3) is 2.24. The van der Waals surface area contributed by atoms with E-state index in [1.165, 1.54) is 0 Å². The van der Waals surface area contributed by atoms with Crippen LogP contribution in [-0.4, -0.2) is 22.4 Å². The van der Waals surface area contributed by atoms with Crippen molar-refractivity contribution < 1.29 is 4.79 Å². The normalized spacial score (nSPS) is 20.9. The SMILES string of the molecule is O=C1NC(c2c[nH]c3ccccc23)CNC1c1c[nH]c2ccccc12. The summed E-state index contributed by atoms with van der Waals surface area (Å²) < 4.78 is 0. The average Bonchev–Trinajstić information content (AvgIpc) is 3.26. The number of fused-ring (bicyclic) bond motifs is 2. The predicted octanol–water partition coefficient (Wildman–Crippen LogP) is 3.15. The van der Waals surface area contributed by atoms with Crippen LogP contribution in [0.1, 0.15) is 23.2 Å². The number of piperazine rings is 1. The summed E-state index contributed by atoms with van der Waals surface area (Å²) in [6, 6.07) is 15.8. The van der Waals surface area contributed by atoms with Gasteiger partial charge in [0.15, 0.2) is 0 Å². The summed E-state index contributed by atoms with van der Waals surface area (Å²) in [5.74, 6) is 0.00582. The van der Waals surface area contributed by atoms with Gasteiger partial charge in [-0.1, -0.05) is 36.4 Å². The maximum atomic E-state index is 12.8. The Hall–Kier alpha value is -3.05. The summed E-state index contributed by atoms with van der Waals surface area (Å²) in [5, 5.41) is 8.84. The number of carbonyl (C=O) groups excluding carboxylic acids is 1. The van der Waals surface area contributed by atoms with Crippen LogP contribution >= 0.6 is 0 Å². The molecule has 0 radical (unpaired) electrons. The second-order valence-electron chi connectivity index (χ2n) is 6.48. The number of carbonyl (C=O) groups is 1. The largest absolute Gasteiger partial charge is 0.361 e. The van der Waals surface area contributed by atoms with Gasteiger partial charge in [-0.25, -0.2) is 0 Å². The number of benzene rings is 2. The van der Waals surface area contributed by atoms with E-state index in [2.05, 4.69) is 26.7 Å². The van der Waals surface area contributed by atoms with E-state index >= 15 is 0 Å². The lowest BCUT2D eigenvalue weighted by Crippen LogP contribution is -2.49. The zero-order valence-electron chi connectivity index (χ0n) is 13.5. The Morgan fingerprint density at radius 3 is 2.08 bits per heavy atom. The van der Waals surface area contributed by atoms with Crippen molar-refractivity contribution in [2.75, 3.05) is 6.54 Å². The van der Waals surface area contributed by atoms with Crippen LogP contribution in [0.15, 0.2) is 60.9 Å². The molecule has 5 heteroatoms. The molecule has 2 unspecified atom stereocenters. The lowest BCUT2D eigenvalue weighted by Gasteiger charge is -2.30. The zero-order valence-corrected chi connectivity index (χ0v) is 13.5. The summed E-state index contributed by atoms with van der Waals surface area (Å²) in [4.78, 5) is 19.3. The van der Waals surface area contributed by atoms with Gasteiger partial charge in [-0.05, 0) is 12.1 Å². The summed E-state index contributed by atoms with van der Waals surface area (Å²) in [5.41, 5.74) is 4.25. The average molecular weight is 330 g/mol. The van der Waals surface area contributed by atoms with Crippen LogP contribution in [0.25, 0.3) is 21.8 Å². The van der Waals surface area contributed by atoms with Crippen molar-refractivity contribution >= 4 is 27.7 Å². The van der Waals surface area contributed by atoms with Crippen LogP contribution in [0.5, 0.6) is 0 Å². The van der Waals surface area contributed by atoms with E-state index in [4.69, 9.17) is 0 Å². The third-order valence-corrected chi connectivity index (χ3v) is 5.03. The lowest BCUT2D eigenvalue weighted by atomic mass is 9.98. The Bertz CT molecular complexity index is 1080. The van der Waals surface area contributed by atoms with Crippen molar-refractivity contribution in [1.82, 2.24) is 20.6 Å². The van der Waals surface area contributed by atoms with Crippen LogP contribution in [-0.2, 0) is 4.79 Å². The zero-order chi connectivity index (χ0) is 16.8. The smallest absolute Gasteiger partial charge is 0.242 e. The maximum absolute atomic E-state index is 12.8. The minimum atomic E-state index is -0.336. The number of nitrogens with one attached hydrogen (secondary N) is 4. The van der Waals surface area contributed by atoms with Crippen LogP contribution in [0.3, 0.4) is 0 Å². The van der Waals surface area contributed by atoms with Gasteiger partial charge in [0.05, 0.1) is 6.04 Å². The van der Waals surface area contributed by atoms with Gasteiger partial charge >= 0.3 is 0 Å². The first-order valence-corrected chi connectivity index (χ1v) is 8.47. The second-order valence-corrected chi connectivity index (χ2v) is 6.48. The Morgan fingerprint density at radius 1 is 0.800 bits per heavy atom. The minimum absolute atomic E-state index is 0.00582. The number of aromatic nitrogens is 2. The molecule has 0 spiro atoms. The number of hydrogen-bond acceptors (Lipinski definition) is 2. The Balaban J connectivity index is 1.45. The number of hydrogen-bond donors (Lipinski definition) is 4. The molecular weight excluding hydrogens is 312 g/mol. The fraction of sp³-hybridized carbons (Fsp3) is 0.150. The molecule has 1 aliphatic heterocycles. The number of aromatic amines is 2. The second kappa shape index (κ2) is 5.50. The molecule has 124 valence electrons. The summed E-state index contributed by atoms with van der Waals surface area (Å²) in [6.07, 6.45) is 3.91. The molecular formula is C20H18N4O. The maximum Gasteiger partial charge on any atom is 0.242 e. The molecule has 4 N–H and O–H groups in total. The van der Waals surface area contributed by atoms with Gasteiger partial charge in [-0.3, -0.25) is 10.1 Å². The van der Waals surface area contributed by atoms with Crippen LogP contribution in [0.2, 0.25) is 0 Å². The number of para-hydroxylation sites is 2. The van der Waals surface area contributed by atoms with Gasteiger partial charge in [0.1, 0.15) is 6.04 Å². The molecule has 1 saturated heterocycles. The van der Waals surface area contributed by atoms with Crippen molar-refractivity contribution in [3.8, 4) is 0 Å². The molecule has 0 bridgehead atoms. The van der Waals surface area contributed by atoms with Gasteiger partial charge in [-0.2, -0.15) is 0 Å². The van der Waals surface area contributed by atoms with E-state index in [0.717, 1.165) is 32.9 Å². The molecule has 2 atom stereocenters. The van der Waals surface area contributed by atoms with Crippen LogP contribution in [0, 0.1) is 0 Å². The number of rotatable bonds is 2. The molecule has 1 aliphatic rings. The first-order chi connectivity index (χ1) is 12.3. The molecule has 0 aliphatic carbocycles. The van der Waals surface area contributed by atoms with E-state index in [1.54, 1.807) is 0 Å². The standard InChI is InChI=1S/C20H18N4O/c25-20-19(15-10-22-17-8-4-2-6-13(15)17)23-11-18(24-20)14-9-21-16-7-3-1-5-12(14)16/h1-10,18-19,21-23H,11H2,(H,24,25). The van der Waals surface area contributed by atoms with Gasteiger partial charge in [0.25, 0.3) is 0 Å². The molecule has 25 heavy (non-hydrogen) atoms. The topological polar surface area (TPSA) is 72.7 Å². The van der Waals surface area contributed by atoms with Crippen LogP contribution in [0.4, 0.5) is 0 Å². The van der Waals surface area contributed by atoms with Crippen molar-refractivity contribution in [3.63, 3.8) is 0 Å². The van der Waals surface area contributed by atoms with Crippen molar-refractivity contribution in [2.45, 2.75) is 12.1 Å². The molecule has 5 rings (SSSR count). The Morgan fingerprint density at radius 2 is 1.40 bits per heavy atom. The van der Waals surface area contributed by atoms with E-state index in [-0.39, 0.29) is 18.0 Å². The molecule has 3 heterocycles. The van der Waals surface area contributed by atoms with Crippen molar-refractivity contribution in [1.29, 1.82) is 0 Å². The number of amides is 1. The molecule has 2 aromatic carbocycles.